The maximum absolute atomic E-state index is 12.3. The number of Topliss-reactive ketones (excluding diaryl/α,β-unsaturated/α-hetero) is 1. The van der Waals surface area contributed by atoms with Gasteiger partial charge in [-0.05, 0) is 57.0 Å². The van der Waals surface area contributed by atoms with Gasteiger partial charge in [0.1, 0.15) is 0 Å². The molecule has 8 nitrogen and oxygen atoms in total. The Morgan fingerprint density at radius 1 is 1.09 bits per heavy atom. The Bertz CT molecular complexity index is 1160. The molecular weight excluding hydrogens is 408 g/mol. The number of ether oxygens (including phenoxy) is 1. The highest BCUT2D eigenvalue weighted by molar-refractivity contribution is 5.99. The smallest absolute Gasteiger partial charge is 0.306 e. The van der Waals surface area contributed by atoms with Crippen LogP contribution in [0.15, 0.2) is 30.3 Å². The highest BCUT2D eigenvalue weighted by Crippen LogP contribution is 2.17. The molecule has 2 heterocycles. The zero-order chi connectivity index (χ0) is 23.4. The SMILES string of the molecule is Cc1cc2nc(C)c(CCC(=O)OCC(=O)c3ccc(NC(=O)C(C)C)cc3)c(C)n2n1. The van der Waals surface area contributed by atoms with Crippen LogP contribution in [-0.2, 0) is 20.7 Å². The van der Waals surface area contributed by atoms with Crippen molar-refractivity contribution in [2.75, 3.05) is 11.9 Å². The van der Waals surface area contributed by atoms with Crippen molar-refractivity contribution < 1.29 is 19.1 Å². The number of hydrogen-bond acceptors (Lipinski definition) is 6. The zero-order valence-corrected chi connectivity index (χ0v) is 19.1. The lowest BCUT2D eigenvalue weighted by Gasteiger charge is -2.11. The first-order valence-electron chi connectivity index (χ1n) is 10.6. The first kappa shape index (κ1) is 23.1. The van der Waals surface area contributed by atoms with Gasteiger partial charge in [-0.2, -0.15) is 5.10 Å². The van der Waals surface area contributed by atoms with Crippen LogP contribution in [-0.4, -0.2) is 38.9 Å². The summed E-state index contributed by atoms with van der Waals surface area (Å²) in [5.41, 5.74) is 5.42. The molecule has 0 spiro atoms. The number of aromatic nitrogens is 3. The third-order valence-electron chi connectivity index (χ3n) is 5.23. The fourth-order valence-corrected chi connectivity index (χ4v) is 3.36. The fraction of sp³-hybridized carbons (Fsp3) is 0.375. The van der Waals surface area contributed by atoms with E-state index in [0.717, 1.165) is 28.3 Å². The van der Waals surface area contributed by atoms with Gasteiger partial charge in [0.05, 0.1) is 5.69 Å². The number of nitrogens with zero attached hydrogens (tertiary/aromatic N) is 3. The molecule has 0 bridgehead atoms. The average Bonchev–Trinajstić information content (AvgIpc) is 3.12. The maximum atomic E-state index is 12.3. The van der Waals surface area contributed by atoms with Gasteiger partial charge in [0.25, 0.3) is 0 Å². The van der Waals surface area contributed by atoms with Crippen LogP contribution >= 0.6 is 0 Å². The molecule has 1 N–H and O–H groups in total. The van der Waals surface area contributed by atoms with Gasteiger partial charge in [-0.1, -0.05) is 13.8 Å². The predicted octanol–water partition coefficient (Wildman–Crippen LogP) is 3.61. The largest absolute Gasteiger partial charge is 0.457 e. The zero-order valence-electron chi connectivity index (χ0n) is 19.1. The molecular formula is C24H28N4O4. The van der Waals surface area contributed by atoms with E-state index >= 15 is 0 Å². The van der Waals surface area contributed by atoms with Gasteiger partial charge in [0.15, 0.2) is 18.0 Å². The minimum atomic E-state index is -0.449. The Morgan fingerprint density at radius 3 is 2.44 bits per heavy atom. The van der Waals surface area contributed by atoms with E-state index < -0.39 is 5.97 Å². The molecule has 2 aromatic heterocycles. The average molecular weight is 437 g/mol. The summed E-state index contributed by atoms with van der Waals surface area (Å²) in [4.78, 5) is 40.8. The predicted molar refractivity (Wildman–Crippen MR) is 121 cm³/mol. The fourth-order valence-electron chi connectivity index (χ4n) is 3.36. The molecule has 0 aliphatic carbocycles. The Kier molecular flexibility index (Phi) is 7.02. The molecule has 0 saturated carbocycles. The third kappa shape index (κ3) is 5.38. The molecule has 8 heteroatoms. The summed E-state index contributed by atoms with van der Waals surface area (Å²) in [5.74, 6) is -0.984. The molecule has 0 atom stereocenters. The summed E-state index contributed by atoms with van der Waals surface area (Å²) >= 11 is 0. The van der Waals surface area contributed by atoms with Gasteiger partial charge in [0.2, 0.25) is 5.91 Å². The number of anilines is 1. The van der Waals surface area contributed by atoms with Crippen molar-refractivity contribution in [2.45, 2.75) is 47.5 Å². The molecule has 3 rings (SSSR count). The van der Waals surface area contributed by atoms with E-state index in [1.807, 2.05) is 26.8 Å². The molecule has 0 radical (unpaired) electrons. The summed E-state index contributed by atoms with van der Waals surface area (Å²) in [6.07, 6.45) is 0.597. The van der Waals surface area contributed by atoms with Crippen molar-refractivity contribution in [2.24, 2.45) is 5.92 Å². The highest BCUT2D eigenvalue weighted by atomic mass is 16.5. The van der Waals surface area contributed by atoms with Crippen molar-refractivity contribution in [3.8, 4) is 0 Å². The normalized spacial score (nSPS) is 11.1. The van der Waals surface area contributed by atoms with Gasteiger partial charge >= 0.3 is 5.97 Å². The van der Waals surface area contributed by atoms with Crippen LogP contribution in [0, 0.1) is 26.7 Å². The number of amides is 1. The van der Waals surface area contributed by atoms with Crippen LogP contribution in [0.25, 0.3) is 5.65 Å². The summed E-state index contributed by atoms with van der Waals surface area (Å²) in [6.45, 7) is 9.05. The van der Waals surface area contributed by atoms with Crippen molar-refractivity contribution in [3.63, 3.8) is 0 Å². The second-order valence-corrected chi connectivity index (χ2v) is 8.12. The van der Waals surface area contributed by atoms with E-state index in [4.69, 9.17) is 4.74 Å². The minimum absolute atomic E-state index is 0.0967. The number of carbonyl (C=O) groups is 3. The number of hydrogen-bond donors (Lipinski definition) is 1. The molecule has 168 valence electrons. The molecule has 3 aromatic rings. The number of rotatable bonds is 8. The molecule has 1 aromatic carbocycles. The van der Waals surface area contributed by atoms with Crippen LogP contribution in [0.4, 0.5) is 5.69 Å². The molecule has 1 amide bonds. The Hall–Kier alpha value is -3.55. The van der Waals surface area contributed by atoms with Crippen LogP contribution in [0.1, 0.15) is 53.3 Å². The van der Waals surface area contributed by atoms with E-state index in [-0.39, 0.29) is 30.6 Å². The number of benzene rings is 1. The molecule has 0 aliphatic heterocycles. The van der Waals surface area contributed by atoms with Gasteiger partial charge < -0.3 is 10.1 Å². The quantitative estimate of drug-likeness (QED) is 0.427. The number of ketones is 1. The van der Waals surface area contributed by atoms with E-state index in [0.29, 0.717) is 17.7 Å². The summed E-state index contributed by atoms with van der Waals surface area (Å²) in [7, 11) is 0. The van der Waals surface area contributed by atoms with Crippen molar-refractivity contribution in [1.82, 2.24) is 14.6 Å². The van der Waals surface area contributed by atoms with E-state index in [9.17, 15) is 14.4 Å². The highest BCUT2D eigenvalue weighted by Gasteiger charge is 2.15. The first-order chi connectivity index (χ1) is 15.2. The van der Waals surface area contributed by atoms with E-state index in [2.05, 4.69) is 15.4 Å². The van der Waals surface area contributed by atoms with Crippen LogP contribution in [0.3, 0.4) is 0 Å². The number of fused-ring (bicyclic) bond motifs is 1. The summed E-state index contributed by atoms with van der Waals surface area (Å²) in [6, 6.07) is 8.42. The summed E-state index contributed by atoms with van der Waals surface area (Å²) in [5, 5.41) is 7.20. The topological polar surface area (TPSA) is 103 Å². The van der Waals surface area contributed by atoms with E-state index in [1.54, 1.807) is 42.6 Å². The second kappa shape index (κ2) is 9.72. The Balaban J connectivity index is 1.53. The minimum Gasteiger partial charge on any atom is -0.457 e. The number of nitrogens with one attached hydrogen (secondary N) is 1. The van der Waals surface area contributed by atoms with Crippen molar-refractivity contribution in [3.05, 3.63) is 58.5 Å². The number of carbonyl (C=O) groups excluding carboxylic acids is 3. The molecule has 0 fully saturated rings. The Labute approximate surface area is 187 Å². The monoisotopic (exact) mass is 436 g/mol. The molecule has 32 heavy (non-hydrogen) atoms. The van der Waals surface area contributed by atoms with Crippen LogP contribution in [0.5, 0.6) is 0 Å². The van der Waals surface area contributed by atoms with Crippen LogP contribution < -0.4 is 5.32 Å². The molecule has 0 unspecified atom stereocenters. The van der Waals surface area contributed by atoms with Gasteiger partial charge in [-0.15, -0.1) is 0 Å². The summed E-state index contributed by atoms with van der Waals surface area (Å²) < 4.78 is 6.95. The van der Waals surface area contributed by atoms with Gasteiger partial charge in [-0.25, -0.2) is 9.50 Å². The van der Waals surface area contributed by atoms with Crippen LogP contribution in [0.2, 0.25) is 0 Å². The number of aryl methyl sites for hydroxylation is 3. The third-order valence-corrected chi connectivity index (χ3v) is 5.23. The lowest BCUT2D eigenvalue weighted by Crippen LogP contribution is -2.18. The van der Waals surface area contributed by atoms with Gasteiger partial charge in [0, 0.05) is 41.0 Å². The van der Waals surface area contributed by atoms with Crippen molar-refractivity contribution in [1.29, 1.82) is 0 Å². The maximum Gasteiger partial charge on any atom is 0.306 e. The standard InChI is InChI=1S/C24H28N4O4/c1-14(2)24(31)26-19-8-6-18(7-9-19)21(29)13-32-23(30)11-10-20-16(4)25-22-12-15(3)27-28(22)17(20)5/h6-9,12,14H,10-11,13H2,1-5H3,(H,26,31). The Morgan fingerprint density at radius 2 is 1.78 bits per heavy atom. The molecule has 0 saturated heterocycles. The lowest BCUT2D eigenvalue weighted by molar-refractivity contribution is -0.142. The first-order valence-corrected chi connectivity index (χ1v) is 10.6. The molecule has 0 aliphatic rings. The second-order valence-electron chi connectivity index (χ2n) is 8.12. The number of esters is 1. The van der Waals surface area contributed by atoms with E-state index in [1.165, 1.54) is 0 Å². The van der Waals surface area contributed by atoms with Gasteiger partial charge in [-0.3, -0.25) is 14.4 Å². The van der Waals surface area contributed by atoms with Crippen molar-refractivity contribution >= 4 is 29.0 Å². The lowest BCUT2D eigenvalue weighted by atomic mass is 10.1.